The summed E-state index contributed by atoms with van der Waals surface area (Å²) >= 11 is 0. The van der Waals surface area contributed by atoms with Gasteiger partial charge in [0, 0.05) is 107 Å². The van der Waals surface area contributed by atoms with Crippen LogP contribution in [0.1, 0.15) is 24.4 Å². The van der Waals surface area contributed by atoms with Crippen LogP contribution in [0, 0.1) is 0 Å². The lowest BCUT2D eigenvalue weighted by Gasteiger charge is -2.34. The lowest BCUT2D eigenvalue weighted by Crippen LogP contribution is -2.49. The molecular formula is C47H52N16O7. The molecule has 3 aliphatic heterocycles. The fraction of sp³-hybridized carbons (Fsp3) is 0.404. The molecule has 362 valence electrons. The molecule has 3 saturated heterocycles. The summed E-state index contributed by atoms with van der Waals surface area (Å²) in [5.41, 5.74) is 6.15. The number of fused-ring (bicyclic) bond motifs is 2. The third-order valence-corrected chi connectivity index (χ3v) is 12.6. The van der Waals surface area contributed by atoms with Gasteiger partial charge in [-0.2, -0.15) is 10.2 Å². The molecule has 23 heteroatoms. The van der Waals surface area contributed by atoms with Crippen LogP contribution in [0.15, 0.2) is 84.4 Å². The number of hydrogen-bond acceptors (Lipinski definition) is 18. The summed E-state index contributed by atoms with van der Waals surface area (Å²) < 4.78 is 22.0. The van der Waals surface area contributed by atoms with Crippen molar-refractivity contribution in [3.8, 4) is 22.4 Å². The Hall–Kier alpha value is -7.60. The molecule has 70 heavy (non-hydrogen) atoms. The highest BCUT2D eigenvalue weighted by molar-refractivity contribution is 5.99. The minimum atomic E-state index is -0.814. The first-order valence-electron chi connectivity index (χ1n) is 23.3. The van der Waals surface area contributed by atoms with E-state index in [4.69, 9.17) is 24.2 Å². The number of piperazine rings is 1. The third kappa shape index (κ3) is 10.7. The normalized spacial score (nSPS) is 17.9. The van der Waals surface area contributed by atoms with Gasteiger partial charge in [-0.05, 0) is 35.7 Å². The maximum atomic E-state index is 13.0. The fourth-order valence-corrected chi connectivity index (χ4v) is 8.78. The smallest absolute Gasteiger partial charge is 0.275 e. The summed E-state index contributed by atoms with van der Waals surface area (Å²) in [7, 11) is 1.85. The van der Waals surface area contributed by atoms with Crippen molar-refractivity contribution in [1.82, 2.24) is 69.6 Å². The van der Waals surface area contributed by atoms with Crippen LogP contribution in [0.25, 0.3) is 44.5 Å². The minimum Gasteiger partial charge on any atom is -0.383 e. The Morgan fingerprint density at radius 3 is 2.50 bits per heavy atom. The van der Waals surface area contributed by atoms with Gasteiger partial charge >= 0.3 is 0 Å². The zero-order valence-corrected chi connectivity index (χ0v) is 38.6. The predicted octanol–water partition coefficient (Wildman–Crippen LogP) is 1.46. The van der Waals surface area contributed by atoms with Crippen molar-refractivity contribution in [3.63, 3.8) is 0 Å². The quantitative estimate of drug-likeness (QED) is 0.0969. The molecule has 0 radical (unpaired) electrons. The van der Waals surface area contributed by atoms with Gasteiger partial charge in [0.25, 0.3) is 11.5 Å². The molecule has 0 aliphatic carbocycles. The van der Waals surface area contributed by atoms with Gasteiger partial charge in [0.05, 0.1) is 68.7 Å². The monoisotopic (exact) mass is 952 g/mol. The highest BCUT2D eigenvalue weighted by atomic mass is 16.5. The van der Waals surface area contributed by atoms with Gasteiger partial charge < -0.3 is 29.3 Å². The molecule has 0 spiro atoms. The third-order valence-electron chi connectivity index (χ3n) is 12.6. The lowest BCUT2D eigenvalue weighted by atomic mass is 10.1. The van der Waals surface area contributed by atoms with Gasteiger partial charge in [0.2, 0.25) is 23.4 Å². The van der Waals surface area contributed by atoms with E-state index in [1.807, 2.05) is 36.6 Å². The second-order valence-corrected chi connectivity index (χ2v) is 17.4. The molecule has 3 amide bonds. The van der Waals surface area contributed by atoms with E-state index in [0.29, 0.717) is 99.4 Å². The van der Waals surface area contributed by atoms with Crippen LogP contribution in [0.4, 0.5) is 11.6 Å². The summed E-state index contributed by atoms with van der Waals surface area (Å²) in [6.07, 6.45) is 10.8. The highest BCUT2D eigenvalue weighted by Crippen LogP contribution is 2.24. The van der Waals surface area contributed by atoms with E-state index in [-0.39, 0.29) is 42.9 Å². The molecule has 23 nitrogen and oxygen atoms in total. The first kappa shape index (κ1) is 46.1. The summed E-state index contributed by atoms with van der Waals surface area (Å²) in [6, 6.07) is 12.9. The molecule has 1 unspecified atom stereocenters. The maximum Gasteiger partial charge on any atom is 0.275 e. The minimum absolute atomic E-state index is 0.00413. The number of hydrogen-bond donors (Lipinski definition) is 2. The number of anilines is 2. The molecule has 10 rings (SSSR count). The number of aryl methyl sites for hydroxylation is 1. The largest absolute Gasteiger partial charge is 0.383 e. The number of carbonyl (C=O) groups excluding carboxylic acids is 3. The van der Waals surface area contributed by atoms with Crippen molar-refractivity contribution in [2.24, 2.45) is 7.05 Å². The van der Waals surface area contributed by atoms with Crippen molar-refractivity contribution in [1.29, 1.82) is 0 Å². The first-order valence-corrected chi connectivity index (χ1v) is 23.3. The zero-order chi connectivity index (χ0) is 48.0. The van der Waals surface area contributed by atoms with E-state index >= 15 is 0 Å². The molecule has 0 bridgehead atoms. The molecule has 5 aromatic heterocycles. The van der Waals surface area contributed by atoms with Crippen LogP contribution in [0.2, 0.25) is 0 Å². The Balaban J connectivity index is 0.604. The number of morpholine rings is 1. The average molecular weight is 953 g/mol. The second kappa shape index (κ2) is 21.0. The fourth-order valence-electron chi connectivity index (χ4n) is 8.78. The van der Waals surface area contributed by atoms with E-state index in [1.165, 1.54) is 5.56 Å². The molecule has 3 aliphatic rings. The van der Waals surface area contributed by atoms with Gasteiger partial charge in [-0.15, -0.1) is 5.10 Å². The number of rotatable bonds is 17. The highest BCUT2D eigenvalue weighted by Gasteiger charge is 2.30. The van der Waals surface area contributed by atoms with Gasteiger partial charge in [-0.1, -0.05) is 29.5 Å². The first-order chi connectivity index (χ1) is 34.2. The lowest BCUT2D eigenvalue weighted by molar-refractivity contribution is -0.138. The number of aromatic nitrogens is 11. The second-order valence-electron chi connectivity index (χ2n) is 17.4. The number of imide groups is 1. The number of amides is 3. The Morgan fingerprint density at radius 1 is 0.871 bits per heavy atom. The van der Waals surface area contributed by atoms with Crippen LogP contribution < -0.4 is 21.1 Å². The number of benzene rings is 2. The van der Waals surface area contributed by atoms with Gasteiger partial charge in [0.15, 0.2) is 5.65 Å². The van der Waals surface area contributed by atoms with Crippen LogP contribution in [-0.4, -0.2) is 167 Å². The van der Waals surface area contributed by atoms with Crippen molar-refractivity contribution in [2.45, 2.75) is 38.1 Å². The van der Waals surface area contributed by atoms with Crippen molar-refractivity contribution < 1.29 is 28.6 Å². The van der Waals surface area contributed by atoms with Crippen LogP contribution in [0.3, 0.4) is 0 Å². The van der Waals surface area contributed by atoms with Gasteiger partial charge in [0.1, 0.15) is 12.6 Å². The van der Waals surface area contributed by atoms with Crippen molar-refractivity contribution in [2.75, 3.05) is 89.1 Å². The van der Waals surface area contributed by atoms with Crippen LogP contribution in [-0.2, 0) is 48.7 Å². The van der Waals surface area contributed by atoms with Crippen molar-refractivity contribution >= 4 is 51.4 Å². The van der Waals surface area contributed by atoms with Gasteiger partial charge in [-0.3, -0.25) is 34.1 Å². The number of nitrogens with zero attached hydrogens (tertiary/aromatic N) is 14. The Bertz CT molecular complexity index is 3040. The van der Waals surface area contributed by atoms with E-state index in [0.717, 1.165) is 46.7 Å². The Labute approximate surface area is 400 Å². The number of piperidine rings is 1. The molecule has 0 saturated carbocycles. The van der Waals surface area contributed by atoms with Gasteiger partial charge in [-0.25, -0.2) is 29.3 Å². The van der Waals surface area contributed by atoms with E-state index < -0.39 is 11.9 Å². The number of carbonyl (C=O) groups is 3. The Kier molecular flexibility index (Phi) is 13.8. The molecular weight excluding hydrogens is 901 g/mol. The molecule has 2 N–H and O–H groups in total. The molecule has 2 aromatic carbocycles. The summed E-state index contributed by atoms with van der Waals surface area (Å²) in [4.78, 5) is 74.7. The molecule has 8 heterocycles. The predicted molar refractivity (Wildman–Crippen MR) is 254 cm³/mol. The topological polar surface area (TPSA) is 248 Å². The summed E-state index contributed by atoms with van der Waals surface area (Å²) in [5.74, 6) is -0.262. The molecule has 7 aromatic rings. The number of ether oxygens (including phenoxy) is 3. The number of nitrogens with one attached hydrogen (secondary N) is 2. The summed E-state index contributed by atoms with van der Waals surface area (Å²) in [6.45, 7) is 7.41. The molecule has 3 fully saturated rings. The Morgan fingerprint density at radius 2 is 1.70 bits per heavy atom. The van der Waals surface area contributed by atoms with Crippen LogP contribution in [0.5, 0.6) is 0 Å². The SMILES string of the molecule is Cn1cc(-c2cnc3c(nnn3C[C@@H]3CN(c4ncc(-c5ccc(CN6CCN(C(=O)COCCOCCNc7ccc8c(=O)n(C9CCC(=O)NC9=O)ncc8c7)CC6)cc5)cn4)CCO3)n2)cn1. The standard InChI is InChI=1S/C47H52N16O7/c1-58-27-35(24-52-58)39-25-49-44-43(54-39)56-57-62(44)29-37-28-61(15-17-70-37)47-50-21-34(22-51-47)32-4-2-31(3-5-32)26-59-11-13-60(14-12-59)42(65)30-69-19-18-68-16-10-48-36-6-7-38-33(20-36)23-53-63(46(38)67)40-8-9-41(64)55-45(40)66/h2-7,20-25,27,37,40,48H,8-19,26,28-30H2,1H3,(H,55,64,66)/t37-,40?/m0/s1. The average Bonchev–Trinajstić information content (AvgIpc) is 4.01. The van der Waals surface area contributed by atoms with E-state index in [1.54, 1.807) is 40.1 Å². The van der Waals surface area contributed by atoms with E-state index in [2.05, 4.69) is 75.2 Å². The maximum absolute atomic E-state index is 13.0. The molecule has 2 atom stereocenters. The van der Waals surface area contributed by atoms with E-state index in [9.17, 15) is 19.2 Å². The van der Waals surface area contributed by atoms with Crippen molar-refractivity contribution in [3.05, 3.63) is 95.6 Å². The zero-order valence-electron chi connectivity index (χ0n) is 38.6. The van der Waals surface area contributed by atoms with Crippen LogP contribution >= 0.6 is 0 Å². The summed E-state index contributed by atoms with van der Waals surface area (Å²) in [5, 5.41) is 23.6.